The van der Waals surface area contributed by atoms with Crippen LogP contribution in [0.4, 0.5) is 0 Å². The fourth-order valence-corrected chi connectivity index (χ4v) is 3.02. The van der Waals surface area contributed by atoms with Gasteiger partial charge >= 0.3 is 0 Å². The lowest BCUT2D eigenvalue weighted by Crippen LogP contribution is -2.45. The van der Waals surface area contributed by atoms with Gasteiger partial charge in [0.15, 0.2) is 0 Å². The molecule has 1 fully saturated rings. The maximum absolute atomic E-state index is 3.51. The molecule has 0 radical (unpaired) electrons. The van der Waals surface area contributed by atoms with Crippen LogP contribution in [0.15, 0.2) is 29.2 Å². The lowest BCUT2D eigenvalue weighted by Gasteiger charge is -2.34. The second-order valence-electron chi connectivity index (χ2n) is 4.91. The summed E-state index contributed by atoms with van der Waals surface area (Å²) >= 11 is 1.81. The van der Waals surface area contributed by atoms with Gasteiger partial charge in [-0.1, -0.05) is 19.1 Å². The molecule has 1 aromatic carbocycles. The molecule has 3 heteroatoms. The van der Waals surface area contributed by atoms with Gasteiger partial charge in [0, 0.05) is 24.0 Å². The highest BCUT2D eigenvalue weighted by Crippen LogP contribution is 2.18. The molecule has 1 aromatic rings. The van der Waals surface area contributed by atoms with Crippen LogP contribution in [0.25, 0.3) is 0 Å². The molecule has 0 amide bonds. The summed E-state index contributed by atoms with van der Waals surface area (Å²) in [5.74, 6) is 0. The minimum atomic E-state index is 0.712. The van der Waals surface area contributed by atoms with E-state index in [0.717, 1.165) is 19.6 Å². The molecule has 1 aliphatic heterocycles. The average Bonchev–Trinajstić information content (AvgIpc) is 2.46. The monoisotopic (exact) mass is 264 g/mol. The maximum Gasteiger partial charge on any atom is 0.0237 e. The van der Waals surface area contributed by atoms with Crippen molar-refractivity contribution in [2.45, 2.75) is 37.2 Å². The highest BCUT2D eigenvalue weighted by molar-refractivity contribution is 7.98. The van der Waals surface area contributed by atoms with Gasteiger partial charge in [-0.05, 0) is 49.9 Å². The molecule has 1 heterocycles. The number of likely N-dealkylation sites (N-methyl/N-ethyl adjacent to an activating group) is 1. The highest BCUT2D eigenvalue weighted by Gasteiger charge is 2.19. The van der Waals surface area contributed by atoms with Crippen molar-refractivity contribution in [1.29, 1.82) is 0 Å². The zero-order chi connectivity index (χ0) is 12.8. The molecule has 2 nitrogen and oxygen atoms in total. The van der Waals surface area contributed by atoms with E-state index in [1.54, 1.807) is 11.8 Å². The molecule has 1 N–H and O–H groups in total. The van der Waals surface area contributed by atoms with E-state index in [1.807, 2.05) is 0 Å². The molecule has 0 saturated carbocycles. The number of hydrogen-bond acceptors (Lipinski definition) is 3. The van der Waals surface area contributed by atoms with Crippen LogP contribution < -0.4 is 5.32 Å². The summed E-state index contributed by atoms with van der Waals surface area (Å²) in [4.78, 5) is 3.95. The van der Waals surface area contributed by atoms with E-state index in [9.17, 15) is 0 Å². The topological polar surface area (TPSA) is 15.3 Å². The van der Waals surface area contributed by atoms with Gasteiger partial charge in [-0.25, -0.2) is 0 Å². The Bertz CT molecular complexity index is 344. The Morgan fingerprint density at radius 3 is 2.67 bits per heavy atom. The van der Waals surface area contributed by atoms with Gasteiger partial charge in [0.25, 0.3) is 0 Å². The van der Waals surface area contributed by atoms with E-state index < -0.39 is 0 Å². The van der Waals surface area contributed by atoms with Gasteiger partial charge in [-0.2, -0.15) is 0 Å². The number of nitrogens with one attached hydrogen (secondary N) is 1. The lowest BCUT2D eigenvalue weighted by molar-refractivity contribution is 0.166. The zero-order valence-electron chi connectivity index (χ0n) is 11.5. The summed E-state index contributed by atoms with van der Waals surface area (Å²) in [7, 11) is 0. The number of hydrogen-bond donors (Lipinski definition) is 1. The van der Waals surface area contributed by atoms with Crippen molar-refractivity contribution >= 4 is 11.8 Å². The number of benzene rings is 1. The van der Waals surface area contributed by atoms with Gasteiger partial charge in [0.1, 0.15) is 0 Å². The molecule has 0 bridgehead atoms. The Kier molecular flexibility index (Phi) is 5.54. The van der Waals surface area contributed by atoms with E-state index in [1.165, 1.54) is 29.8 Å². The summed E-state index contributed by atoms with van der Waals surface area (Å²) in [5.41, 5.74) is 1.43. The van der Waals surface area contributed by atoms with Crippen LogP contribution in [-0.2, 0) is 6.54 Å². The standard InChI is InChI=1S/C15H24N2S/c1-3-17(14-5-4-10-16-11-14)12-13-6-8-15(18-2)9-7-13/h6-9,14,16H,3-5,10-12H2,1-2H3. The van der Waals surface area contributed by atoms with Gasteiger partial charge in [-0.15, -0.1) is 11.8 Å². The molecule has 0 spiro atoms. The summed E-state index contributed by atoms with van der Waals surface area (Å²) in [6.45, 7) is 6.83. The number of thioether (sulfide) groups is 1. The summed E-state index contributed by atoms with van der Waals surface area (Å²) in [6.07, 6.45) is 4.78. The molecule has 0 aromatic heterocycles. The Balaban J connectivity index is 1.95. The molecule has 2 rings (SSSR count). The average molecular weight is 264 g/mol. The minimum absolute atomic E-state index is 0.712. The normalized spacial score (nSPS) is 20.3. The molecular weight excluding hydrogens is 240 g/mol. The minimum Gasteiger partial charge on any atom is -0.315 e. The summed E-state index contributed by atoms with van der Waals surface area (Å²) in [6, 6.07) is 9.71. The maximum atomic E-state index is 3.51. The number of piperidine rings is 1. The van der Waals surface area contributed by atoms with Crippen LogP contribution in [0.2, 0.25) is 0 Å². The van der Waals surface area contributed by atoms with Crippen LogP contribution in [-0.4, -0.2) is 36.8 Å². The summed E-state index contributed by atoms with van der Waals surface area (Å²) < 4.78 is 0. The van der Waals surface area contributed by atoms with Crippen molar-refractivity contribution in [3.05, 3.63) is 29.8 Å². The largest absolute Gasteiger partial charge is 0.315 e. The van der Waals surface area contributed by atoms with Crippen molar-refractivity contribution < 1.29 is 0 Å². The fourth-order valence-electron chi connectivity index (χ4n) is 2.61. The Morgan fingerprint density at radius 1 is 1.33 bits per heavy atom. The molecule has 1 unspecified atom stereocenters. The number of nitrogens with zero attached hydrogens (tertiary/aromatic N) is 1. The van der Waals surface area contributed by atoms with Crippen LogP contribution in [0, 0.1) is 0 Å². The van der Waals surface area contributed by atoms with Gasteiger partial charge in [-0.3, -0.25) is 4.90 Å². The van der Waals surface area contributed by atoms with Crippen molar-refractivity contribution in [2.24, 2.45) is 0 Å². The van der Waals surface area contributed by atoms with Crippen LogP contribution in [0.5, 0.6) is 0 Å². The lowest BCUT2D eigenvalue weighted by atomic mass is 10.0. The van der Waals surface area contributed by atoms with Crippen molar-refractivity contribution in [2.75, 3.05) is 25.9 Å². The molecule has 0 aliphatic carbocycles. The Morgan fingerprint density at radius 2 is 2.11 bits per heavy atom. The molecular formula is C15H24N2S. The third kappa shape index (κ3) is 3.74. The van der Waals surface area contributed by atoms with Gasteiger partial charge < -0.3 is 5.32 Å². The Labute approximate surface area is 115 Å². The SMILES string of the molecule is CCN(Cc1ccc(SC)cc1)C1CCCNC1. The van der Waals surface area contributed by atoms with Crippen molar-refractivity contribution in [3.63, 3.8) is 0 Å². The van der Waals surface area contributed by atoms with Crippen molar-refractivity contribution in [1.82, 2.24) is 10.2 Å². The zero-order valence-corrected chi connectivity index (χ0v) is 12.3. The molecule has 18 heavy (non-hydrogen) atoms. The first kappa shape index (κ1) is 13.9. The van der Waals surface area contributed by atoms with E-state index >= 15 is 0 Å². The van der Waals surface area contributed by atoms with Crippen LogP contribution in [0.1, 0.15) is 25.3 Å². The highest BCUT2D eigenvalue weighted by atomic mass is 32.2. The van der Waals surface area contributed by atoms with E-state index in [2.05, 4.69) is 47.7 Å². The molecule has 1 atom stereocenters. The predicted molar refractivity (Wildman–Crippen MR) is 80.2 cm³/mol. The fraction of sp³-hybridized carbons (Fsp3) is 0.600. The van der Waals surface area contributed by atoms with Crippen LogP contribution in [0.3, 0.4) is 0 Å². The molecule has 1 aliphatic rings. The third-order valence-electron chi connectivity index (χ3n) is 3.74. The first-order valence-corrected chi connectivity index (χ1v) is 8.13. The van der Waals surface area contributed by atoms with Crippen LogP contribution >= 0.6 is 11.8 Å². The first-order chi connectivity index (χ1) is 8.83. The Hall–Kier alpha value is -0.510. The van der Waals surface area contributed by atoms with E-state index in [-0.39, 0.29) is 0 Å². The van der Waals surface area contributed by atoms with Crippen molar-refractivity contribution in [3.8, 4) is 0 Å². The third-order valence-corrected chi connectivity index (χ3v) is 4.48. The quantitative estimate of drug-likeness (QED) is 0.823. The summed E-state index contributed by atoms with van der Waals surface area (Å²) in [5, 5.41) is 3.51. The first-order valence-electron chi connectivity index (χ1n) is 6.91. The molecule has 100 valence electrons. The second-order valence-corrected chi connectivity index (χ2v) is 5.79. The second kappa shape index (κ2) is 7.17. The predicted octanol–water partition coefficient (Wildman–Crippen LogP) is 2.98. The van der Waals surface area contributed by atoms with E-state index in [0.29, 0.717) is 6.04 Å². The molecule has 1 saturated heterocycles. The smallest absolute Gasteiger partial charge is 0.0237 e. The van der Waals surface area contributed by atoms with Gasteiger partial charge in [0.05, 0.1) is 0 Å². The number of rotatable bonds is 5. The van der Waals surface area contributed by atoms with Gasteiger partial charge in [0.2, 0.25) is 0 Å². The van der Waals surface area contributed by atoms with E-state index in [4.69, 9.17) is 0 Å².